The molecule has 2 aromatic heterocycles. The maximum absolute atomic E-state index is 2.47. The second-order valence-electron chi connectivity index (χ2n) is 8.76. The Bertz CT molecular complexity index is 1060. The van der Waals surface area contributed by atoms with E-state index in [9.17, 15) is 0 Å². The molecule has 5 rings (SSSR count). The average molecular weight is 443 g/mol. The lowest BCUT2D eigenvalue weighted by atomic mass is 9.70. The maximum Gasteiger partial charge on any atom is 0.0342 e. The van der Waals surface area contributed by atoms with Crippen LogP contribution in [0.4, 0.5) is 0 Å². The molecule has 2 aromatic carbocycles. The fourth-order valence-electron chi connectivity index (χ4n) is 5.33. The van der Waals surface area contributed by atoms with Crippen LogP contribution in [-0.2, 0) is 5.41 Å². The van der Waals surface area contributed by atoms with Crippen molar-refractivity contribution in [1.82, 2.24) is 0 Å². The average Bonchev–Trinajstić information content (AvgIpc) is 3.57. The zero-order valence-corrected chi connectivity index (χ0v) is 20.1. The van der Waals surface area contributed by atoms with Gasteiger partial charge in [-0.15, -0.1) is 22.7 Å². The zero-order valence-electron chi connectivity index (χ0n) is 18.5. The lowest BCUT2D eigenvalue weighted by Gasteiger charge is -2.32. The maximum atomic E-state index is 2.47. The van der Waals surface area contributed by atoms with E-state index in [0.717, 1.165) is 0 Å². The molecule has 0 radical (unpaired) electrons. The molecule has 31 heavy (non-hydrogen) atoms. The van der Waals surface area contributed by atoms with Crippen molar-refractivity contribution in [3.8, 4) is 32.0 Å². The third-order valence-corrected chi connectivity index (χ3v) is 8.72. The van der Waals surface area contributed by atoms with E-state index in [0.29, 0.717) is 0 Å². The Labute approximate surface area is 194 Å². The fourth-order valence-corrected chi connectivity index (χ4v) is 6.77. The molecule has 2 heterocycles. The van der Waals surface area contributed by atoms with Crippen molar-refractivity contribution in [1.29, 1.82) is 0 Å². The Hall–Kier alpha value is -2.16. The molecule has 0 aliphatic heterocycles. The van der Waals surface area contributed by atoms with Crippen LogP contribution in [0.5, 0.6) is 0 Å². The van der Waals surface area contributed by atoms with Gasteiger partial charge in [-0.1, -0.05) is 75.9 Å². The van der Waals surface area contributed by atoms with E-state index in [4.69, 9.17) is 0 Å². The summed E-state index contributed by atoms with van der Waals surface area (Å²) < 4.78 is 0. The molecule has 0 saturated heterocycles. The number of fused-ring (bicyclic) bond motifs is 3. The lowest BCUT2D eigenvalue weighted by Crippen LogP contribution is -2.25. The number of hydrogen-bond donors (Lipinski definition) is 0. The molecular formula is C29H30S2. The van der Waals surface area contributed by atoms with Crippen molar-refractivity contribution in [2.75, 3.05) is 0 Å². The van der Waals surface area contributed by atoms with Crippen LogP contribution >= 0.6 is 22.7 Å². The van der Waals surface area contributed by atoms with E-state index in [1.807, 2.05) is 22.7 Å². The largest absolute Gasteiger partial charge is 0.144 e. The number of hydrogen-bond acceptors (Lipinski definition) is 2. The number of unbranched alkanes of at least 4 members (excludes halogenated alkanes) is 2. The molecule has 0 bridgehead atoms. The second kappa shape index (κ2) is 8.76. The van der Waals surface area contributed by atoms with E-state index < -0.39 is 0 Å². The van der Waals surface area contributed by atoms with Gasteiger partial charge in [0.05, 0.1) is 0 Å². The Balaban J connectivity index is 1.72. The molecule has 2 heteroatoms. The van der Waals surface area contributed by atoms with Gasteiger partial charge in [-0.25, -0.2) is 0 Å². The van der Waals surface area contributed by atoms with Gasteiger partial charge in [-0.3, -0.25) is 0 Å². The normalized spacial score (nSPS) is 13.9. The summed E-state index contributed by atoms with van der Waals surface area (Å²) in [5.74, 6) is 0. The van der Waals surface area contributed by atoms with Gasteiger partial charge in [0.1, 0.15) is 0 Å². The zero-order chi connectivity index (χ0) is 21.3. The highest BCUT2D eigenvalue weighted by molar-refractivity contribution is 7.13. The first-order valence-electron chi connectivity index (χ1n) is 11.6. The number of thiophene rings is 2. The molecule has 0 amide bonds. The first-order chi connectivity index (χ1) is 15.3. The lowest BCUT2D eigenvalue weighted by molar-refractivity contribution is 0.414. The predicted molar refractivity (Wildman–Crippen MR) is 138 cm³/mol. The van der Waals surface area contributed by atoms with Gasteiger partial charge in [0, 0.05) is 15.2 Å². The van der Waals surface area contributed by atoms with E-state index >= 15 is 0 Å². The summed E-state index contributed by atoms with van der Waals surface area (Å²) in [4.78, 5) is 2.72. The highest BCUT2D eigenvalue weighted by Crippen LogP contribution is 2.55. The van der Waals surface area contributed by atoms with Crippen molar-refractivity contribution in [3.63, 3.8) is 0 Å². The summed E-state index contributed by atoms with van der Waals surface area (Å²) in [7, 11) is 0. The Morgan fingerprint density at radius 2 is 1.13 bits per heavy atom. The molecule has 0 atom stereocenters. The quantitative estimate of drug-likeness (QED) is 0.255. The third-order valence-electron chi connectivity index (χ3n) is 6.89. The van der Waals surface area contributed by atoms with Crippen LogP contribution in [0.2, 0.25) is 0 Å². The fraction of sp³-hybridized carbons (Fsp3) is 0.310. The third kappa shape index (κ3) is 3.60. The Kier molecular flexibility index (Phi) is 5.86. The van der Waals surface area contributed by atoms with Crippen LogP contribution in [0.15, 0.2) is 71.4 Å². The van der Waals surface area contributed by atoms with E-state index in [1.54, 1.807) is 11.1 Å². The first-order valence-corrected chi connectivity index (χ1v) is 13.4. The molecule has 0 saturated carbocycles. The van der Waals surface area contributed by atoms with Gasteiger partial charge in [0.15, 0.2) is 0 Å². The number of benzene rings is 2. The summed E-state index contributed by atoms with van der Waals surface area (Å²) >= 11 is 3.67. The van der Waals surface area contributed by atoms with Crippen LogP contribution in [0.1, 0.15) is 63.5 Å². The topological polar surface area (TPSA) is 0 Å². The Morgan fingerprint density at radius 3 is 1.52 bits per heavy atom. The van der Waals surface area contributed by atoms with Crippen molar-refractivity contribution in [2.45, 2.75) is 57.8 Å². The van der Waals surface area contributed by atoms with Crippen molar-refractivity contribution in [3.05, 3.63) is 82.6 Å². The summed E-state index contributed by atoms with van der Waals surface area (Å²) in [6.07, 6.45) is 7.56. The van der Waals surface area contributed by atoms with Gasteiger partial charge in [0.2, 0.25) is 0 Å². The molecule has 0 fully saturated rings. The molecule has 0 N–H and O–H groups in total. The van der Waals surface area contributed by atoms with Crippen LogP contribution < -0.4 is 0 Å². The van der Waals surface area contributed by atoms with Gasteiger partial charge >= 0.3 is 0 Å². The van der Waals surface area contributed by atoms with Crippen LogP contribution in [0.3, 0.4) is 0 Å². The van der Waals surface area contributed by atoms with Crippen LogP contribution in [-0.4, -0.2) is 0 Å². The van der Waals surface area contributed by atoms with E-state index in [2.05, 4.69) is 85.3 Å². The molecule has 4 aromatic rings. The van der Waals surface area contributed by atoms with Crippen molar-refractivity contribution < 1.29 is 0 Å². The van der Waals surface area contributed by atoms with Gasteiger partial charge in [0.25, 0.3) is 0 Å². The molecule has 0 unspecified atom stereocenters. The molecule has 1 aliphatic carbocycles. The minimum atomic E-state index is 0.165. The van der Waals surface area contributed by atoms with Gasteiger partial charge < -0.3 is 0 Å². The smallest absolute Gasteiger partial charge is 0.0342 e. The van der Waals surface area contributed by atoms with Crippen molar-refractivity contribution in [2.24, 2.45) is 0 Å². The second-order valence-corrected chi connectivity index (χ2v) is 10.7. The minimum Gasteiger partial charge on any atom is -0.144 e. The van der Waals surface area contributed by atoms with Gasteiger partial charge in [-0.05, 0) is 81.2 Å². The summed E-state index contributed by atoms with van der Waals surface area (Å²) in [6.45, 7) is 4.65. The van der Waals surface area contributed by atoms with Crippen LogP contribution in [0, 0.1) is 0 Å². The summed E-state index contributed by atoms with van der Waals surface area (Å²) in [5.41, 5.74) is 8.92. The molecule has 0 spiro atoms. The molecular weight excluding hydrogens is 412 g/mol. The molecule has 0 nitrogen and oxygen atoms in total. The molecule has 1 aliphatic rings. The summed E-state index contributed by atoms with van der Waals surface area (Å²) in [5, 5.41) is 4.36. The standard InChI is InChI=1S/C29H30S2/c1-3-5-15-29(16-6-4-2)25-13-11-21(27-9-7-17-30-27)19-23(25)24-20-22(12-14-26(24)29)28-10-8-18-31-28/h7-14,17-20H,3-6,15-16H2,1-2H3. The highest BCUT2D eigenvalue weighted by atomic mass is 32.1. The predicted octanol–water partition coefficient (Wildman–Crippen LogP) is 9.79. The molecule has 158 valence electrons. The SMILES string of the molecule is CCCCC1(CCCC)c2ccc(-c3cccs3)cc2-c2cc(-c3cccs3)ccc21. The Morgan fingerprint density at radius 1 is 0.645 bits per heavy atom. The minimum absolute atomic E-state index is 0.165. The summed E-state index contributed by atoms with van der Waals surface area (Å²) in [6, 6.07) is 23.4. The highest BCUT2D eigenvalue weighted by Gasteiger charge is 2.42. The van der Waals surface area contributed by atoms with Gasteiger partial charge in [-0.2, -0.15) is 0 Å². The van der Waals surface area contributed by atoms with Crippen molar-refractivity contribution >= 4 is 22.7 Å². The monoisotopic (exact) mass is 442 g/mol. The van der Waals surface area contributed by atoms with E-state index in [-0.39, 0.29) is 5.41 Å². The van der Waals surface area contributed by atoms with Crippen LogP contribution in [0.25, 0.3) is 32.0 Å². The van der Waals surface area contributed by atoms with E-state index in [1.165, 1.54) is 70.5 Å². The first kappa shape index (κ1) is 20.7. The number of rotatable bonds is 8.